The van der Waals surface area contributed by atoms with Crippen molar-refractivity contribution in [2.24, 2.45) is 5.92 Å². The zero-order valence-electron chi connectivity index (χ0n) is 21.9. The maximum atomic E-state index is 10.3. The van der Waals surface area contributed by atoms with Gasteiger partial charge in [-0.25, -0.2) is 4.79 Å². The van der Waals surface area contributed by atoms with Crippen LogP contribution >= 0.6 is 0 Å². The SMILES string of the molecule is CCC(C)CCC(CC)c1ccc(OCCOCCOCCOCCOCCOCC(=O)O)cc1. The van der Waals surface area contributed by atoms with Crippen LogP contribution in [0.25, 0.3) is 0 Å². The van der Waals surface area contributed by atoms with E-state index in [-0.39, 0.29) is 13.2 Å². The first-order valence-electron chi connectivity index (χ1n) is 12.9. The highest BCUT2D eigenvalue weighted by atomic mass is 16.6. The summed E-state index contributed by atoms with van der Waals surface area (Å²) in [5.74, 6) is 1.30. The first-order valence-corrected chi connectivity index (χ1v) is 12.9. The molecule has 2 atom stereocenters. The van der Waals surface area contributed by atoms with Crippen molar-refractivity contribution >= 4 is 5.97 Å². The van der Waals surface area contributed by atoms with E-state index in [9.17, 15) is 4.79 Å². The highest BCUT2D eigenvalue weighted by Crippen LogP contribution is 2.28. The lowest BCUT2D eigenvalue weighted by Gasteiger charge is -2.18. The van der Waals surface area contributed by atoms with E-state index < -0.39 is 5.97 Å². The molecule has 2 unspecified atom stereocenters. The summed E-state index contributed by atoms with van der Waals surface area (Å²) in [6, 6.07) is 8.51. The second-order valence-corrected chi connectivity index (χ2v) is 8.51. The smallest absolute Gasteiger partial charge is 0.329 e. The van der Waals surface area contributed by atoms with E-state index in [2.05, 4.69) is 45.0 Å². The molecular weight excluding hydrogens is 452 g/mol. The van der Waals surface area contributed by atoms with E-state index in [0.717, 1.165) is 11.7 Å². The molecule has 8 heteroatoms. The molecule has 1 rings (SSSR count). The quantitative estimate of drug-likeness (QED) is 0.208. The molecule has 0 bridgehead atoms. The molecule has 0 aromatic heterocycles. The highest BCUT2D eigenvalue weighted by Gasteiger charge is 2.11. The van der Waals surface area contributed by atoms with Crippen LogP contribution in [0.5, 0.6) is 5.75 Å². The summed E-state index contributed by atoms with van der Waals surface area (Å²) in [6.07, 6.45) is 4.95. The number of benzene rings is 1. The summed E-state index contributed by atoms with van der Waals surface area (Å²) in [4.78, 5) is 10.3. The number of carboxylic acid groups (broad SMARTS) is 1. The monoisotopic (exact) mass is 498 g/mol. The molecule has 0 spiro atoms. The summed E-state index contributed by atoms with van der Waals surface area (Å²) < 4.78 is 32.3. The molecule has 1 aromatic rings. The molecule has 0 fully saturated rings. The van der Waals surface area contributed by atoms with Crippen LogP contribution in [-0.2, 0) is 28.5 Å². The molecule has 1 aromatic carbocycles. The lowest BCUT2D eigenvalue weighted by molar-refractivity contribution is -0.142. The molecule has 1 N–H and O–H groups in total. The van der Waals surface area contributed by atoms with Crippen molar-refractivity contribution in [3.8, 4) is 5.75 Å². The predicted octanol–water partition coefficient (Wildman–Crippen LogP) is 4.55. The minimum atomic E-state index is -0.985. The number of ether oxygens (including phenoxy) is 6. The number of rotatable bonds is 24. The van der Waals surface area contributed by atoms with Crippen LogP contribution in [0.4, 0.5) is 0 Å². The van der Waals surface area contributed by atoms with Crippen molar-refractivity contribution in [2.45, 2.75) is 52.4 Å². The summed E-state index contributed by atoms with van der Waals surface area (Å²) in [5.41, 5.74) is 1.40. The third-order valence-corrected chi connectivity index (χ3v) is 5.76. The van der Waals surface area contributed by atoms with Crippen LogP contribution < -0.4 is 4.74 Å². The Morgan fingerprint density at radius 3 is 1.66 bits per heavy atom. The Bertz CT molecular complexity index is 622. The zero-order chi connectivity index (χ0) is 25.6. The molecule has 0 saturated heterocycles. The van der Waals surface area contributed by atoms with Crippen LogP contribution in [0.3, 0.4) is 0 Å². The standard InChI is InChI=1S/C27H46O8/c1-4-23(3)6-7-24(5-2)25-8-10-26(11-9-25)35-21-20-33-17-16-31-13-12-30-14-15-32-18-19-34-22-27(28)29/h8-11,23-24H,4-7,12-22H2,1-3H3,(H,28,29). The van der Waals surface area contributed by atoms with Crippen LogP contribution in [0.1, 0.15) is 57.9 Å². The van der Waals surface area contributed by atoms with E-state index in [1.165, 1.54) is 31.2 Å². The number of carboxylic acids is 1. The molecular formula is C27H46O8. The minimum absolute atomic E-state index is 0.255. The molecule has 0 saturated carbocycles. The van der Waals surface area contributed by atoms with Gasteiger partial charge in [0.2, 0.25) is 0 Å². The van der Waals surface area contributed by atoms with E-state index in [1.54, 1.807) is 0 Å². The molecule has 0 amide bonds. The van der Waals surface area contributed by atoms with Gasteiger partial charge in [0.15, 0.2) is 0 Å². The molecule has 202 valence electrons. The highest BCUT2D eigenvalue weighted by molar-refractivity contribution is 5.67. The molecule has 0 radical (unpaired) electrons. The third kappa shape index (κ3) is 17.4. The van der Waals surface area contributed by atoms with Gasteiger partial charge in [-0.3, -0.25) is 0 Å². The summed E-state index contributed by atoms with van der Waals surface area (Å²) in [7, 11) is 0. The number of hydrogen-bond donors (Lipinski definition) is 1. The van der Waals surface area contributed by atoms with Gasteiger partial charge in [0.25, 0.3) is 0 Å². The first kappa shape index (κ1) is 31.3. The van der Waals surface area contributed by atoms with Crippen molar-refractivity contribution in [2.75, 3.05) is 72.7 Å². The van der Waals surface area contributed by atoms with Crippen molar-refractivity contribution in [3.63, 3.8) is 0 Å². The molecule has 0 aliphatic heterocycles. The van der Waals surface area contributed by atoms with Gasteiger partial charge in [-0.1, -0.05) is 45.7 Å². The van der Waals surface area contributed by atoms with Gasteiger partial charge >= 0.3 is 5.97 Å². The molecule has 0 aliphatic carbocycles. The maximum absolute atomic E-state index is 10.3. The van der Waals surface area contributed by atoms with E-state index in [0.29, 0.717) is 65.4 Å². The zero-order valence-corrected chi connectivity index (χ0v) is 21.9. The van der Waals surface area contributed by atoms with Crippen molar-refractivity contribution in [1.82, 2.24) is 0 Å². The predicted molar refractivity (Wildman–Crippen MR) is 135 cm³/mol. The summed E-state index contributed by atoms with van der Waals surface area (Å²) >= 11 is 0. The Balaban J connectivity index is 1.94. The van der Waals surface area contributed by atoms with Gasteiger partial charge < -0.3 is 33.5 Å². The van der Waals surface area contributed by atoms with Gasteiger partial charge in [0, 0.05) is 0 Å². The summed E-state index contributed by atoms with van der Waals surface area (Å²) in [6.45, 7) is 11.0. The maximum Gasteiger partial charge on any atom is 0.329 e. The molecule has 0 heterocycles. The Labute approximate surface area is 211 Å². The van der Waals surface area contributed by atoms with Gasteiger partial charge in [-0.15, -0.1) is 0 Å². The van der Waals surface area contributed by atoms with Crippen LogP contribution in [-0.4, -0.2) is 83.8 Å². The normalized spacial score (nSPS) is 13.0. The number of aliphatic carboxylic acids is 1. The first-order chi connectivity index (χ1) is 17.1. The Hall–Kier alpha value is -1.71. The number of hydrogen-bond acceptors (Lipinski definition) is 7. The number of carbonyl (C=O) groups is 1. The van der Waals surface area contributed by atoms with E-state index >= 15 is 0 Å². The van der Waals surface area contributed by atoms with Gasteiger partial charge in [0.05, 0.1) is 59.5 Å². The molecule has 35 heavy (non-hydrogen) atoms. The minimum Gasteiger partial charge on any atom is -0.491 e. The average Bonchev–Trinajstić information content (AvgIpc) is 2.86. The largest absolute Gasteiger partial charge is 0.491 e. The molecule has 0 aliphatic rings. The average molecular weight is 499 g/mol. The van der Waals surface area contributed by atoms with E-state index in [4.69, 9.17) is 33.5 Å². The Kier molecular flexibility index (Phi) is 19.3. The van der Waals surface area contributed by atoms with Crippen molar-refractivity contribution < 1.29 is 38.3 Å². The lowest BCUT2D eigenvalue weighted by Crippen LogP contribution is -2.15. The van der Waals surface area contributed by atoms with Crippen molar-refractivity contribution in [1.29, 1.82) is 0 Å². The Morgan fingerprint density at radius 2 is 1.20 bits per heavy atom. The summed E-state index contributed by atoms with van der Waals surface area (Å²) in [5, 5.41) is 8.42. The Morgan fingerprint density at radius 1 is 0.714 bits per heavy atom. The molecule has 8 nitrogen and oxygen atoms in total. The van der Waals surface area contributed by atoms with Crippen molar-refractivity contribution in [3.05, 3.63) is 29.8 Å². The van der Waals surface area contributed by atoms with E-state index in [1.807, 2.05) is 0 Å². The second kappa shape index (κ2) is 21.6. The van der Waals surface area contributed by atoms with Gasteiger partial charge in [0.1, 0.15) is 19.0 Å². The lowest BCUT2D eigenvalue weighted by atomic mass is 9.88. The van der Waals surface area contributed by atoms with Crippen LogP contribution in [0.2, 0.25) is 0 Å². The van der Waals surface area contributed by atoms with Gasteiger partial charge in [-0.2, -0.15) is 0 Å². The fourth-order valence-corrected chi connectivity index (χ4v) is 3.39. The third-order valence-electron chi connectivity index (χ3n) is 5.76. The van der Waals surface area contributed by atoms with Crippen LogP contribution in [0, 0.1) is 5.92 Å². The fourth-order valence-electron chi connectivity index (χ4n) is 3.39. The second-order valence-electron chi connectivity index (χ2n) is 8.51. The van der Waals surface area contributed by atoms with Crippen LogP contribution in [0.15, 0.2) is 24.3 Å². The fraction of sp³-hybridized carbons (Fsp3) is 0.741. The van der Waals surface area contributed by atoms with Gasteiger partial charge in [-0.05, 0) is 42.4 Å². The topological polar surface area (TPSA) is 92.7 Å².